The minimum atomic E-state index is -0.811. The van der Waals surface area contributed by atoms with Crippen LogP contribution in [-0.4, -0.2) is 44.2 Å². The van der Waals surface area contributed by atoms with Gasteiger partial charge in [0.05, 0.1) is 37.1 Å². The molecule has 3 aromatic carbocycles. The summed E-state index contributed by atoms with van der Waals surface area (Å²) in [5.74, 6) is -1.63. The summed E-state index contributed by atoms with van der Waals surface area (Å²) >= 11 is 0. The van der Waals surface area contributed by atoms with Gasteiger partial charge in [0.1, 0.15) is 5.75 Å². The summed E-state index contributed by atoms with van der Waals surface area (Å²) in [5, 5.41) is 0. The van der Waals surface area contributed by atoms with Crippen molar-refractivity contribution in [3.8, 4) is 22.6 Å². The van der Waals surface area contributed by atoms with Crippen LogP contribution >= 0.6 is 0 Å². The summed E-state index contributed by atoms with van der Waals surface area (Å²) in [6, 6.07) is 18.5. The average molecular weight is 719 g/mol. The maximum absolute atomic E-state index is 14.9. The van der Waals surface area contributed by atoms with Gasteiger partial charge in [-0.2, -0.15) is 0 Å². The molecule has 0 radical (unpaired) electrons. The number of hydrogen-bond donors (Lipinski definition) is 0. The summed E-state index contributed by atoms with van der Waals surface area (Å²) in [6.45, 7) is 10.4. The van der Waals surface area contributed by atoms with Gasteiger partial charge in [-0.3, -0.25) is 0 Å². The number of rotatable bonds is 24. The van der Waals surface area contributed by atoms with E-state index in [0.29, 0.717) is 19.8 Å². The van der Waals surface area contributed by atoms with Crippen molar-refractivity contribution in [2.75, 3.05) is 19.8 Å². The number of hydrogen-bond acceptors (Lipinski definition) is 7. The van der Waals surface area contributed by atoms with Crippen LogP contribution in [0, 0.1) is 11.2 Å². The van der Waals surface area contributed by atoms with Crippen molar-refractivity contribution in [2.24, 2.45) is 5.41 Å². The van der Waals surface area contributed by atoms with E-state index in [2.05, 4.69) is 20.8 Å². The average Bonchev–Trinajstić information content (AvgIpc) is 3.13. The van der Waals surface area contributed by atoms with Crippen molar-refractivity contribution in [1.29, 1.82) is 0 Å². The Kier molecular flexibility index (Phi) is 17.1. The molecule has 1 aliphatic rings. The van der Waals surface area contributed by atoms with E-state index in [1.807, 2.05) is 43.3 Å². The number of carbonyl (C=O) groups excluding carboxylic acids is 2. The van der Waals surface area contributed by atoms with Gasteiger partial charge in [-0.05, 0) is 79.8 Å². The highest BCUT2D eigenvalue weighted by Gasteiger charge is 2.34. The van der Waals surface area contributed by atoms with Crippen molar-refractivity contribution in [2.45, 2.75) is 130 Å². The summed E-state index contributed by atoms with van der Waals surface area (Å²) < 4.78 is 43.7. The molecular weight excluding hydrogens is 659 g/mol. The molecule has 0 amide bonds. The lowest BCUT2D eigenvalue weighted by atomic mass is 9.90. The van der Waals surface area contributed by atoms with Gasteiger partial charge in [-0.25, -0.2) is 14.0 Å². The van der Waals surface area contributed by atoms with Crippen molar-refractivity contribution < 1.29 is 37.7 Å². The maximum atomic E-state index is 14.9. The molecule has 7 nitrogen and oxygen atoms in total. The van der Waals surface area contributed by atoms with E-state index in [9.17, 15) is 14.0 Å². The summed E-state index contributed by atoms with van der Waals surface area (Å²) in [7, 11) is 0. The van der Waals surface area contributed by atoms with E-state index < -0.39 is 17.8 Å². The fraction of sp³-hybridized carbons (Fsp3) is 0.545. The van der Waals surface area contributed by atoms with Gasteiger partial charge in [0, 0.05) is 11.8 Å². The first kappa shape index (κ1) is 41.0. The second-order valence-corrected chi connectivity index (χ2v) is 14.6. The molecular formula is C44H59FO7. The normalized spacial score (nSPS) is 14.6. The fourth-order valence-corrected chi connectivity index (χ4v) is 6.16. The molecule has 1 fully saturated rings. The van der Waals surface area contributed by atoms with E-state index in [1.165, 1.54) is 57.1 Å². The topological polar surface area (TPSA) is 80.3 Å². The zero-order valence-corrected chi connectivity index (χ0v) is 31.8. The third kappa shape index (κ3) is 13.7. The number of halogens is 1. The highest BCUT2D eigenvalue weighted by atomic mass is 19.1. The first-order chi connectivity index (χ1) is 25.2. The van der Waals surface area contributed by atoms with Gasteiger partial charge in [0.15, 0.2) is 17.9 Å². The van der Waals surface area contributed by atoms with Crippen molar-refractivity contribution >= 4 is 11.9 Å². The molecule has 1 heterocycles. The van der Waals surface area contributed by atoms with Crippen molar-refractivity contribution in [1.82, 2.24) is 0 Å². The molecule has 284 valence electrons. The Hall–Kier alpha value is -3.75. The lowest BCUT2D eigenvalue weighted by Gasteiger charge is -2.38. The van der Waals surface area contributed by atoms with Crippen LogP contribution in [-0.2, 0) is 14.2 Å². The first-order valence-corrected chi connectivity index (χ1v) is 19.5. The van der Waals surface area contributed by atoms with E-state index in [4.69, 9.17) is 23.7 Å². The van der Waals surface area contributed by atoms with Gasteiger partial charge in [-0.15, -0.1) is 0 Å². The highest BCUT2D eigenvalue weighted by Crippen LogP contribution is 2.29. The molecule has 0 aliphatic carbocycles. The lowest BCUT2D eigenvalue weighted by Crippen LogP contribution is -2.44. The summed E-state index contributed by atoms with van der Waals surface area (Å²) in [5.41, 5.74) is 2.25. The molecule has 4 rings (SSSR count). The molecule has 2 atom stereocenters. The second-order valence-electron chi connectivity index (χ2n) is 14.6. The Balaban J connectivity index is 1.27. The molecule has 1 aliphatic heterocycles. The van der Waals surface area contributed by atoms with E-state index in [1.54, 1.807) is 12.1 Å². The molecule has 0 aromatic heterocycles. The van der Waals surface area contributed by atoms with Gasteiger partial charge in [0.25, 0.3) is 0 Å². The monoisotopic (exact) mass is 718 g/mol. The molecule has 3 aromatic rings. The van der Waals surface area contributed by atoms with Gasteiger partial charge in [0.2, 0.25) is 0 Å². The molecule has 0 saturated carbocycles. The third-order valence-corrected chi connectivity index (χ3v) is 9.53. The standard InChI is InChI=1S/C44H59FO7/c1-5-7-9-11-12-13-14-16-18-41(49-32-44(4)30-48-31-44)51-38-26-23-35(24-27-38)34-19-21-36(22-20-34)42(46)52-40-28-25-37(29-39(40)45)43(47)50-33(3)17-15-10-8-6-2/h19-29,33,41H,5-18,30-32H2,1-4H3/t33-,41?/m1/s1. The van der Waals surface area contributed by atoms with E-state index in [-0.39, 0.29) is 34.7 Å². The molecule has 1 saturated heterocycles. The van der Waals surface area contributed by atoms with Crippen LogP contribution in [0.15, 0.2) is 66.7 Å². The van der Waals surface area contributed by atoms with Gasteiger partial charge >= 0.3 is 11.9 Å². The van der Waals surface area contributed by atoms with E-state index in [0.717, 1.165) is 67.9 Å². The Morgan fingerprint density at radius 3 is 1.88 bits per heavy atom. The van der Waals surface area contributed by atoms with Crippen LogP contribution in [0.5, 0.6) is 11.5 Å². The van der Waals surface area contributed by atoms with Crippen LogP contribution in [0.4, 0.5) is 4.39 Å². The van der Waals surface area contributed by atoms with Crippen LogP contribution < -0.4 is 9.47 Å². The second kappa shape index (κ2) is 21.7. The van der Waals surface area contributed by atoms with Crippen molar-refractivity contribution in [3.63, 3.8) is 0 Å². The number of ether oxygens (including phenoxy) is 5. The Morgan fingerprint density at radius 2 is 1.29 bits per heavy atom. The quantitative estimate of drug-likeness (QED) is 0.0395. The summed E-state index contributed by atoms with van der Waals surface area (Å²) in [4.78, 5) is 25.4. The van der Waals surface area contributed by atoms with Gasteiger partial charge in [-0.1, -0.05) is 109 Å². The minimum absolute atomic E-state index is 0.0452. The first-order valence-electron chi connectivity index (χ1n) is 19.5. The lowest BCUT2D eigenvalue weighted by molar-refractivity contribution is -0.179. The molecule has 0 bridgehead atoms. The maximum Gasteiger partial charge on any atom is 0.343 e. The van der Waals surface area contributed by atoms with Crippen molar-refractivity contribution in [3.05, 3.63) is 83.7 Å². The molecule has 0 spiro atoms. The molecule has 8 heteroatoms. The number of esters is 2. The molecule has 52 heavy (non-hydrogen) atoms. The van der Waals surface area contributed by atoms with Crippen LogP contribution in [0.2, 0.25) is 0 Å². The van der Waals surface area contributed by atoms with Crippen LogP contribution in [0.3, 0.4) is 0 Å². The van der Waals surface area contributed by atoms with Gasteiger partial charge < -0.3 is 23.7 Å². The number of carbonyl (C=O) groups is 2. The molecule has 1 unspecified atom stereocenters. The zero-order chi connectivity index (χ0) is 37.2. The smallest absolute Gasteiger partial charge is 0.343 e. The SMILES string of the molecule is CCCCCCCCCCC(OCC1(C)COC1)Oc1ccc(-c2ccc(C(=O)Oc3ccc(C(=O)O[C@H](C)CCCCCC)cc3F)cc2)cc1. The predicted octanol–water partition coefficient (Wildman–Crippen LogP) is 11.5. The highest BCUT2D eigenvalue weighted by molar-refractivity contribution is 5.92. The van der Waals surface area contributed by atoms with E-state index >= 15 is 0 Å². The van der Waals surface area contributed by atoms with Crippen LogP contribution in [0.1, 0.15) is 138 Å². The Bertz CT molecular complexity index is 1500. The largest absolute Gasteiger partial charge is 0.465 e. The Labute approximate surface area is 310 Å². The van der Waals surface area contributed by atoms with Crippen LogP contribution in [0.25, 0.3) is 11.1 Å². The number of unbranched alkanes of at least 4 members (excludes halogenated alkanes) is 10. The molecule has 0 N–H and O–H groups in total. The summed E-state index contributed by atoms with van der Waals surface area (Å²) in [6.07, 6.45) is 15.4. The third-order valence-electron chi connectivity index (χ3n) is 9.53. The Morgan fingerprint density at radius 1 is 0.731 bits per heavy atom. The minimum Gasteiger partial charge on any atom is -0.465 e. The predicted molar refractivity (Wildman–Crippen MR) is 203 cm³/mol. The zero-order valence-electron chi connectivity index (χ0n) is 31.8. The fourth-order valence-electron chi connectivity index (χ4n) is 6.16. The number of benzene rings is 3.